The number of rotatable bonds is 6. The van der Waals surface area contributed by atoms with Crippen LogP contribution in [0.3, 0.4) is 0 Å². The van der Waals surface area contributed by atoms with Gasteiger partial charge in [0.2, 0.25) is 0 Å². The van der Waals surface area contributed by atoms with Crippen LogP contribution in [0.25, 0.3) is 0 Å². The fourth-order valence-corrected chi connectivity index (χ4v) is 1.23. The molecule has 0 rings (SSSR count). The molecule has 0 bridgehead atoms. The molecule has 13 heavy (non-hydrogen) atoms. The first kappa shape index (κ1) is 13.1. The third-order valence-corrected chi connectivity index (χ3v) is 2.01. The third-order valence-electron chi connectivity index (χ3n) is 1.28. The summed E-state index contributed by atoms with van der Waals surface area (Å²) in [4.78, 5) is 0. The van der Waals surface area contributed by atoms with E-state index in [9.17, 15) is 13.2 Å². The maximum atomic E-state index is 11.6. The predicted molar refractivity (Wildman–Crippen MR) is 47.9 cm³/mol. The van der Waals surface area contributed by atoms with Crippen molar-refractivity contribution in [1.82, 2.24) is 5.32 Å². The molecule has 80 valence electrons. The number of hydrogen-bond acceptors (Lipinski definition) is 3. The average molecular weight is 217 g/mol. The highest BCUT2D eigenvalue weighted by atomic mass is 32.2. The Morgan fingerprint density at radius 3 is 2.54 bits per heavy atom. The lowest BCUT2D eigenvalue weighted by molar-refractivity contribution is -0.0327. The minimum absolute atomic E-state index is 0.00967. The summed E-state index contributed by atoms with van der Waals surface area (Å²) in [5, 5.41) is 2.91. The van der Waals surface area contributed by atoms with Crippen LogP contribution in [0.1, 0.15) is 6.92 Å². The molecule has 0 radical (unpaired) electrons. The van der Waals surface area contributed by atoms with Gasteiger partial charge in [0.25, 0.3) is 0 Å². The monoisotopic (exact) mass is 217 g/mol. The summed E-state index contributed by atoms with van der Waals surface area (Å²) in [6.45, 7) is 2.72. The lowest BCUT2D eigenvalue weighted by Gasteiger charge is -2.12. The van der Waals surface area contributed by atoms with Crippen molar-refractivity contribution in [2.75, 3.05) is 26.0 Å². The average Bonchev–Trinajstić information content (AvgIpc) is 1.97. The number of alkyl halides is 3. The van der Waals surface area contributed by atoms with Gasteiger partial charge in [-0.15, -0.1) is 0 Å². The Hall–Kier alpha value is 0.0600. The van der Waals surface area contributed by atoms with Crippen molar-refractivity contribution in [3.05, 3.63) is 0 Å². The van der Waals surface area contributed by atoms with Gasteiger partial charge in [0.05, 0.1) is 6.61 Å². The van der Waals surface area contributed by atoms with Gasteiger partial charge >= 0.3 is 5.51 Å². The SMILES string of the molecule is COCC(C)NCCSC(F)(F)F. The highest BCUT2D eigenvalue weighted by Gasteiger charge is 2.27. The van der Waals surface area contributed by atoms with Crippen molar-refractivity contribution in [2.45, 2.75) is 18.5 Å². The summed E-state index contributed by atoms with van der Waals surface area (Å²) < 4.78 is 39.7. The number of methoxy groups -OCH3 is 1. The quantitative estimate of drug-likeness (QED) is 0.686. The summed E-state index contributed by atoms with van der Waals surface area (Å²) >= 11 is -0.00967. The van der Waals surface area contributed by atoms with E-state index in [0.717, 1.165) is 0 Å². The third kappa shape index (κ3) is 9.98. The zero-order valence-electron chi connectivity index (χ0n) is 7.65. The first-order valence-corrected chi connectivity index (χ1v) is 4.87. The molecule has 0 aromatic carbocycles. The van der Waals surface area contributed by atoms with Crippen LogP contribution in [-0.4, -0.2) is 37.6 Å². The summed E-state index contributed by atoms with van der Waals surface area (Å²) in [6, 6.07) is 0.0961. The number of nitrogens with one attached hydrogen (secondary N) is 1. The van der Waals surface area contributed by atoms with Crippen LogP contribution in [0.15, 0.2) is 0 Å². The van der Waals surface area contributed by atoms with E-state index < -0.39 is 5.51 Å². The summed E-state index contributed by atoms with van der Waals surface area (Å²) in [6.07, 6.45) is 0. The summed E-state index contributed by atoms with van der Waals surface area (Å²) in [5.41, 5.74) is -4.12. The molecule has 0 aliphatic rings. The largest absolute Gasteiger partial charge is 0.441 e. The second kappa shape index (κ2) is 6.50. The molecule has 2 nitrogen and oxygen atoms in total. The van der Waals surface area contributed by atoms with Gasteiger partial charge in [-0.05, 0) is 18.7 Å². The van der Waals surface area contributed by atoms with Crippen LogP contribution in [0.4, 0.5) is 13.2 Å². The standard InChI is InChI=1S/C7H14F3NOS/c1-6(5-12-2)11-3-4-13-7(8,9)10/h6,11H,3-5H2,1-2H3. The van der Waals surface area contributed by atoms with Crippen molar-refractivity contribution in [1.29, 1.82) is 0 Å². The molecule has 0 aromatic rings. The van der Waals surface area contributed by atoms with E-state index in [1.807, 2.05) is 6.92 Å². The Kier molecular flexibility index (Phi) is 6.53. The molecule has 0 heterocycles. The lowest BCUT2D eigenvalue weighted by Crippen LogP contribution is -2.32. The van der Waals surface area contributed by atoms with E-state index in [-0.39, 0.29) is 23.6 Å². The van der Waals surface area contributed by atoms with Crippen LogP contribution in [0, 0.1) is 0 Å². The van der Waals surface area contributed by atoms with Crippen LogP contribution >= 0.6 is 11.8 Å². The van der Waals surface area contributed by atoms with E-state index in [1.165, 1.54) is 0 Å². The van der Waals surface area contributed by atoms with Crippen LogP contribution in [0.2, 0.25) is 0 Å². The minimum Gasteiger partial charge on any atom is -0.383 e. The second-order valence-corrected chi connectivity index (χ2v) is 3.76. The molecule has 0 amide bonds. The van der Waals surface area contributed by atoms with Crippen molar-refractivity contribution >= 4 is 11.8 Å². The molecular weight excluding hydrogens is 203 g/mol. The number of ether oxygens (including phenoxy) is 1. The van der Waals surface area contributed by atoms with E-state index in [4.69, 9.17) is 4.74 Å². The summed E-state index contributed by atoms with van der Waals surface area (Å²) in [7, 11) is 1.56. The second-order valence-electron chi connectivity index (χ2n) is 2.60. The summed E-state index contributed by atoms with van der Waals surface area (Å²) in [5.74, 6) is 0.0392. The minimum atomic E-state index is -4.12. The Balaban J connectivity index is 3.25. The molecule has 0 saturated carbocycles. The number of hydrogen-bond donors (Lipinski definition) is 1. The van der Waals surface area contributed by atoms with Crippen LogP contribution in [-0.2, 0) is 4.74 Å². The Bertz CT molecular complexity index is 131. The van der Waals surface area contributed by atoms with E-state index in [1.54, 1.807) is 7.11 Å². The fourth-order valence-electron chi connectivity index (χ4n) is 0.781. The van der Waals surface area contributed by atoms with Crippen molar-refractivity contribution < 1.29 is 17.9 Å². The topological polar surface area (TPSA) is 21.3 Å². The molecular formula is C7H14F3NOS. The number of thioether (sulfide) groups is 1. The molecule has 1 unspecified atom stereocenters. The van der Waals surface area contributed by atoms with Gasteiger partial charge in [-0.25, -0.2) is 0 Å². The van der Waals surface area contributed by atoms with Gasteiger partial charge in [0.1, 0.15) is 0 Å². The molecule has 1 N–H and O–H groups in total. The van der Waals surface area contributed by atoms with Crippen LogP contribution < -0.4 is 5.32 Å². The molecule has 0 aliphatic carbocycles. The van der Waals surface area contributed by atoms with E-state index in [2.05, 4.69) is 5.32 Å². The molecule has 0 aromatic heterocycles. The lowest BCUT2D eigenvalue weighted by atomic mass is 10.4. The molecule has 6 heteroatoms. The first-order chi connectivity index (χ1) is 5.95. The normalized spacial score (nSPS) is 14.5. The highest BCUT2D eigenvalue weighted by Crippen LogP contribution is 2.29. The van der Waals surface area contributed by atoms with E-state index in [0.29, 0.717) is 13.2 Å². The molecule has 1 atom stereocenters. The maximum Gasteiger partial charge on any atom is 0.441 e. The highest BCUT2D eigenvalue weighted by molar-refractivity contribution is 8.00. The zero-order chi connectivity index (χ0) is 10.3. The van der Waals surface area contributed by atoms with Gasteiger partial charge in [0.15, 0.2) is 0 Å². The molecule has 0 spiro atoms. The van der Waals surface area contributed by atoms with Crippen molar-refractivity contribution in [2.24, 2.45) is 0 Å². The Morgan fingerprint density at radius 2 is 2.08 bits per heavy atom. The van der Waals surface area contributed by atoms with Gasteiger partial charge in [-0.2, -0.15) is 13.2 Å². The van der Waals surface area contributed by atoms with Crippen molar-refractivity contribution in [3.63, 3.8) is 0 Å². The van der Waals surface area contributed by atoms with Crippen LogP contribution in [0.5, 0.6) is 0 Å². The van der Waals surface area contributed by atoms with Gasteiger partial charge in [0, 0.05) is 25.4 Å². The predicted octanol–water partition coefficient (Wildman–Crippen LogP) is 1.86. The van der Waals surface area contributed by atoms with E-state index >= 15 is 0 Å². The van der Waals surface area contributed by atoms with Gasteiger partial charge < -0.3 is 10.1 Å². The van der Waals surface area contributed by atoms with Gasteiger partial charge in [-0.1, -0.05) is 0 Å². The Labute approximate surface area is 80.2 Å². The first-order valence-electron chi connectivity index (χ1n) is 3.88. The van der Waals surface area contributed by atoms with Crippen molar-refractivity contribution in [3.8, 4) is 0 Å². The van der Waals surface area contributed by atoms with Gasteiger partial charge in [-0.3, -0.25) is 0 Å². The maximum absolute atomic E-state index is 11.6. The molecule has 0 saturated heterocycles. The molecule has 0 fully saturated rings. The smallest absolute Gasteiger partial charge is 0.383 e. The number of halogens is 3. The molecule has 0 aliphatic heterocycles. The Morgan fingerprint density at radius 1 is 1.46 bits per heavy atom. The zero-order valence-corrected chi connectivity index (χ0v) is 8.47. The fraction of sp³-hybridized carbons (Fsp3) is 1.00.